The maximum atomic E-state index is 5.60. The van der Waals surface area contributed by atoms with E-state index in [0.29, 0.717) is 0 Å². The molecule has 0 saturated carbocycles. The molecule has 30 heavy (non-hydrogen) atoms. The smallest absolute Gasteiger partial charge is 0.128 e. The lowest BCUT2D eigenvalue weighted by Gasteiger charge is -2.08. The van der Waals surface area contributed by atoms with E-state index in [1.54, 1.807) is 7.11 Å². The van der Waals surface area contributed by atoms with Gasteiger partial charge >= 0.3 is 0 Å². The number of H-pyrrole nitrogens is 2. The molecule has 0 radical (unpaired) electrons. The molecule has 2 heterocycles. The van der Waals surface area contributed by atoms with Crippen LogP contribution >= 0.6 is 0 Å². The summed E-state index contributed by atoms with van der Waals surface area (Å²) in [7, 11) is 1.67. The van der Waals surface area contributed by atoms with Crippen molar-refractivity contribution < 1.29 is 4.74 Å². The van der Waals surface area contributed by atoms with Gasteiger partial charge in [0.2, 0.25) is 0 Å². The Kier molecular flexibility index (Phi) is 4.62. The molecule has 0 atom stereocenters. The number of methoxy groups -OCH3 is 1. The van der Waals surface area contributed by atoms with Crippen LogP contribution < -0.4 is 4.74 Å². The molecule has 2 N–H and O–H groups in total. The summed E-state index contributed by atoms with van der Waals surface area (Å²) in [4.78, 5) is 0. The first-order valence-corrected chi connectivity index (χ1v) is 9.72. The van der Waals surface area contributed by atoms with E-state index < -0.39 is 0 Å². The van der Waals surface area contributed by atoms with Crippen molar-refractivity contribution in [2.75, 3.05) is 7.11 Å². The van der Waals surface area contributed by atoms with Gasteiger partial charge in [-0.3, -0.25) is 10.2 Å². The van der Waals surface area contributed by atoms with Crippen LogP contribution in [0.5, 0.6) is 5.75 Å². The monoisotopic (exact) mass is 392 g/mol. The third-order valence-electron chi connectivity index (χ3n) is 5.10. The SMILES string of the molecule is COc1ccc(-c2cc(-c3ccccc3)[nH]n2)cc1-c1cc(-c2ccccc2)[nH]n1. The van der Waals surface area contributed by atoms with Gasteiger partial charge in [0, 0.05) is 11.1 Å². The van der Waals surface area contributed by atoms with Crippen molar-refractivity contribution >= 4 is 0 Å². The zero-order valence-electron chi connectivity index (χ0n) is 16.5. The number of ether oxygens (including phenoxy) is 1. The van der Waals surface area contributed by atoms with Crippen LogP contribution in [0, 0.1) is 0 Å². The minimum absolute atomic E-state index is 0.767. The molecular formula is C25H20N4O. The maximum absolute atomic E-state index is 5.60. The van der Waals surface area contributed by atoms with Gasteiger partial charge < -0.3 is 4.74 Å². The predicted molar refractivity (Wildman–Crippen MR) is 119 cm³/mol. The van der Waals surface area contributed by atoms with E-state index in [1.165, 1.54) is 0 Å². The topological polar surface area (TPSA) is 66.6 Å². The molecule has 0 spiro atoms. The Balaban J connectivity index is 1.52. The van der Waals surface area contributed by atoms with E-state index in [4.69, 9.17) is 4.74 Å². The van der Waals surface area contributed by atoms with Gasteiger partial charge in [-0.05, 0) is 41.5 Å². The van der Waals surface area contributed by atoms with Crippen molar-refractivity contribution in [2.45, 2.75) is 0 Å². The molecule has 0 aliphatic rings. The Morgan fingerprint density at radius 3 is 1.77 bits per heavy atom. The molecule has 0 aliphatic carbocycles. The standard InChI is InChI=1S/C25H20N4O/c1-30-25-13-12-19(23-15-21(26-28-23)17-8-4-2-5-9-17)14-20(25)24-16-22(27-29-24)18-10-6-3-7-11-18/h2-16H,1H3,(H,26,28)(H,27,29). The van der Waals surface area contributed by atoms with E-state index in [-0.39, 0.29) is 0 Å². The zero-order valence-corrected chi connectivity index (χ0v) is 16.5. The van der Waals surface area contributed by atoms with E-state index in [0.717, 1.165) is 50.8 Å². The lowest BCUT2D eigenvalue weighted by Crippen LogP contribution is -1.90. The van der Waals surface area contributed by atoms with Crippen LogP contribution in [-0.2, 0) is 0 Å². The molecule has 0 saturated heterocycles. The normalized spacial score (nSPS) is 10.8. The molecule has 2 aromatic heterocycles. The summed E-state index contributed by atoms with van der Waals surface area (Å²) in [6.07, 6.45) is 0. The average molecular weight is 392 g/mol. The van der Waals surface area contributed by atoms with Gasteiger partial charge in [-0.15, -0.1) is 0 Å². The van der Waals surface area contributed by atoms with E-state index in [2.05, 4.69) is 56.8 Å². The second-order valence-corrected chi connectivity index (χ2v) is 6.98. The minimum atomic E-state index is 0.767. The number of aromatic nitrogens is 4. The summed E-state index contributed by atoms with van der Waals surface area (Å²) in [6.45, 7) is 0. The largest absolute Gasteiger partial charge is 0.496 e. The summed E-state index contributed by atoms with van der Waals surface area (Å²) in [6, 6.07) is 30.4. The summed E-state index contributed by atoms with van der Waals surface area (Å²) >= 11 is 0. The van der Waals surface area contributed by atoms with Gasteiger partial charge in [0.25, 0.3) is 0 Å². The first-order chi connectivity index (χ1) is 14.8. The van der Waals surface area contributed by atoms with Crippen LogP contribution in [0.1, 0.15) is 0 Å². The molecule has 0 bridgehead atoms. The van der Waals surface area contributed by atoms with Gasteiger partial charge in [0.1, 0.15) is 5.75 Å². The van der Waals surface area contributed by atoms with Crippen molar-refractivity contribution in [3.63, 3.8) is 0 Å². The fourth-order valence-electron chi connectivity index (χ4n) is 3.53. The Bertz CT molecular complexity index is 1270. The summed E-state index contributed by atoms with van der Waals surface area (Å²) in [5.41, 5.74) is 7.74. The molecule has 0 amide bonds. The molecule has 5 rings (SSSR count). The lowest BCUT2D eigenvalue weighted by atomic mass is 10.0. The van der Waals surface area contributed by atoms with Crippen LogP contribution in [0.3, 0.4) is 0 Å². The molecule has 5 aromatic rings. The highest BCUT2D eigenvalue weighted by Crippen LogP contribution is 2.35. The molecule has 0 aliphatic heterocycles. The highest BCUT2D eigenvalue weighted by molar-refractivity contribution is 5.78. The van der Waals surface area contributed by atoms with Crippen LogP contribution in [0.25, 0.3) is 45.0 Å². The van der Waals surface area contributed by atoms with Gasteiger partial charge in [0.05, 0.1) is 29.9 Å². The summed E-state index contributed by atoms with van der Waals surface area (Å²) < 4.78 is 5.60. The summed E-state index contributed by atoms with van der Waals surface area (Å²) in [5.74, 6) is 0.767. The van der Waals surface area contributed by atoms with Crippen LogP contribution in [-0.4, -0.2) is 27.5 Å². The fourth-order valence-corrected chi connectivity index (χ4v) is 3.53. The van der Waals surface area contributed by atoms with E-state index >= 15 is 0 Å². The van der Waals surface area contributed by atoms with Crippen LogP contribution in [0.4, 0.5) is 0 Å². The first kappa shape index (κ1) is 17.9. The number of hydrogen-bond donors (Lipinski definition) is 2. The molecule has 0 fully saturated rings. The number of nitrogens with zero attached hydrogens (tertiary/aromatic N) is 2. The van der Waals surface area contributed by atoms with Gasteiger partial charge in [-0.25, -0.2) is 0 Å². The lowest BCUT2D eigenvalue weighted by molar-refractivity contribution is 0.416. The quantitative estimate of drug-likeness (QED) is 0.397. The Morgan fingerprint density at radius 2 is 1.17 bits per heavy atom. The first-order valence-electron chi connectivity index (χ1n) is 9.72. The average Bonchev–Trinajstić information content (AvgIpc) is 3.50. The maximum Gasteiger partial charge on any atom is 0.128 e. The highest BCUT2D eigenvalue weighted by atomic mass is 16.5. The zero-order chi connectivity index (χ0) is 20.3. The fraction of sp³-hybridized carbons (Fsp3) is 0.0400. The number of hydrogen-bond acceptors (Lipinski definition) is 3. The third-order valence-corrected chi connectivity index (χ3v) is 5.10. The van der Waals surface area contributed by atoms with E-state index in [1.807, 2.05) is 54.6 Å². The van der Waals surface area contributed by atoms with Gasteiger partial charge in [-0.1, -0.05) is 60.7 Å². The van der Waals surface area contributed by atoms with Crippen molar-refractivity contribution in [3.05, 3.63) is 91.0 Å². The van der Waals surface area contributed by atoms with E-state index in [9.17, 15) is 0 Å². The Morgan fingerprint density at radius 1 is 0.600 bits per heavy atom. The Hall–Kier alpha value is -4.12. The van der Waals surface area contributed by atoms with Crippen molar-refractivity contribution in [1.82, 2.24) is 20.4 Å². The Labute approximate surface area is 174 Å². The molecule has 5 nitrogen and oxygen atoms in total. The molecule has 5 heteroatoms. The second-order valence-electron chi connectivity index (χ2n) is 6.98. The number of nitrogens with one attached hydrogen (secondary N) is 2. The highest BCUT2D eigenvalue weighted by Gasteiger charge is 2.14. The van der Waals surface area contributed by atoms with Crippen molar-refractivity contribution in [3.8, 4) is 50.8 Å². The third kappa shape index (κ3) is 3.37. The summed E-state index contributed by atoms with van der Waals surface area (Å²) in [5, 5.41) is 15.3. The number of aromatic amines is 2. The van der Waals surface area contributed by atoms with Crippen molar-refractivity contribution in [2.24, 2.45) is 0 Å². The second kappa shape index (κ2) is 7.72. The van der Waals surface area contributed by atoms with Crippen LogP contribution in [0.15, 0.2) is 91.0 Å². The number of benzene rings is 3. The molecule has 0 unspecified atom stereocenters. The van der Waals surface area contributed by atoms with Gasteiger partial charge in [-0.2, -0.15) is 10.2 Å². The molecular weight excluding hydrogens is 372 g/mol. The minimum Gasteiger partial charge on any atom is -0.496 e. The molecule has 3 aromatic carbocycles. The van der Waals surface area contributed by atoms with Gasteiger partial charge in [0.15, 0.2) is 0 Å². The number of rotatable bonds is 5. The van der Waals surface area contributed by atoms with Crippen LogP contribution in [0.2, 0.25) is 0 Å². The predicted octanol–water partition coefficient (Wildman–Crippen LogP) is 5.81. The molecule has 146 valence electrons. The van der Waals surface area contributed by atoms with Crippen molar-refractivity contribution in [1.29, 1.82) is 0 Å².